The van der Waals surface area contributed by atoms with Crippen LogP contribution in [-0.4, -0.2) is 62.0 Å². The molecule has 2 rings (SSSR count). The van der Waals surface area contributed by atoms with Crippen molar-refractivity contribution in [3.05, 3.63) is 35.9 Å². The van der Waals surface area contributed by atoms with Crippen LogP contribution in [0.1, 0.15) is 31.7 Å². The van der Waals surface area contributed by atoms with Crippen LogP contribution >= 0.6 is 0 Å². The highest BCUT2D eigenvalue weighted by Crippen LogP contribution is 2.02. The highest BCUT2D eigenvalue weighted by molar-refractivity contribution is 5.88. The molecule has 3 N–H and O–H groups in total. The maximum atomic E-state index is 12.4. The van der Waals surface area contributed by atoms with Gasteiger partial charge in [-0.05, 0) is 24.9 Å². The van der Waals surface area contributed by atoms with Crippen molar-refractivity contribution < 1.29 is 9.59 Å². The van der Waals surface area contributed by atoms with Crippen molar-refractivity contribution in [2.45, 2.75) is 38.6 Å². The van der Waals surface area contributed by atoms with Gasteiger partial charge in [-0.2, -0.15) is 0 Å². The molecule has 1 unspecified atom stereocenters. The van der Waals surface area contributed by atoms with Crippen LogP contribution in [0.2, 0.25) is 0 Å². The Bertz CT molecular complexity index is 544. The van der Waals surface area contributed by atoms with Gasteiger partial charge in [0, 0.05) is 32.7 Å². The summed E-state index contributed by atoms with van der Waals surface area (Å²) < 4.78 is 0. The first-order chi connectivity index (χ1) is 12.7. The van der Waals surface area contributed by atoms with Crippen molar-refractivity contribution in [2.24, 2.45) is 0 Å². The van der Waals surface area contributed by atoms with Gasteiger partial charge < -0.3 is 20.9 Å². The van der Waals surface area contributed by atoms with Crippen molar-refractivity contribution in [1.29, 1.82) is 0 Å². The van der Waals surface area contributed by atoms with E-state index < -0.39 is 6.04 Å². The van der Waals surface area contributed by atoms with Crippen LogP contribution in [-0.2, 0) is 16.0 Å². The molecule has 1 saturated heterocycles. The molecule has 1 aliphatic heterocycles. The van der Waals surface area contributed by atoms with Gasteiger partial charge >= 0.3 is 0 Å². The van der Waals surface area contributed by atoms with Gasteiger partial charge in [0.15, 0.2) is 0 Å². The molecule has 1 aromatic rings. The SMILES string of the molecule is CCCC(NC(=O)Cc1ccccc1)C(=O)NCCCN1CCNCC1. The lowest BCUT2D eigenvalue weighted by atomic mass is 10.1. The quantitative estimate of drug-likeness (QED) is 0.543. The van der Waals surface area contributed by atoms with Crippen LogP contribution in [0.25, 0.3) is 0 Å². The zero-order valence-electron chi connectivity index (χ0n) is 15.8. The van der Waals surface area contributed by atoms with Crippen LogP contribution in [0, 0.1) is 0 Å². The van der Waals surface area contributed by atoms with E-state index in [1.165, 1.54) is 0 Å². The number of benzene rings is 1. The summed E-state index contributed by atoms with van der Waals surface area (Å²) >= 11 is 0. The van der Waals surface area contributed by atoms with E-state index in [-0.39, 0.29) is 11.8 Å². The maximum Gasteiger partial charge on any atom is 0.242 e. The third kappa shape index (κ3) is 7.54. The molecule has 1 aromatic carbocycles. The number of nitrogens with one attached hydrogen (secondary N) is 3. The zero-order valence-corrected chi connectivity index (χ0v) is 15.8. The summed E-state index contributed by atoms with van der Waals surface area (Å²) in [4.78, 5) is 27.1. The molecule has 1 fully saturated rings. The molecule has 1 atom stereocenters. The van der Waals surface area contributed by atoms with Crippen LogP contribution in [0.4, 0.5) is 0 Å². The van der Waals surface area contributed by atoms with Crippen LogP contribution in [0.3, 0.4) is 0 Å². The van der Waals surface area contributed by atoms with E-state index >= 15 is 0 Å². The molecule has 0 spiro atoms. The number of hydrogen-bond acceptors (Lipinski definition) is 4. The Labute approximate surface area is 156 Å². The Kier molecular flexibility index (Phi) is 9.14. The first kappa shape index (κ1) is 20.4. The first-order valence-electron chi connectivity index (χ1n) is 9.73. The Hall–Kier alpha value is -1.92. The van der Waals surface area contributed by atoms with Gasteiger partial charge in [0.25, 0.3) is 0 Å². The Morgan fingerprint density at radius 1 is 1.19 bits per heavy atom. The molecule has 144 valence electrons. The van der Waals surface area contributed by atoms with E-state index in [2.05, 4.69) is 20.9 Å². The van der Waals surface area contributed by atoms with E-state index in [9.17, 15) is 9.59 Å². The summed E-state index contributed by atoms with van der Waals surface area (Å²) in [5.41, 5.74) is 0.955. The summed E-state index contributed by atoms with van der Waals surface area (Å²) in [6.45, 7) is 7.90. The van der Waals surface area contributed by atoms with E-state index in [1.54, 1.807) is 0 Å². The average Bonchev–Trinajstić information content (AvgIpc) is 2.66. The Morgan fingerprint density at radius 2 is 1.92 bits per heavy atom. The van der Waals surface area contributed by atoms with E-state index in [4.69, 9.17) is 0 Å². The molecular formula is C20H32N4O2. The van der Waals surface area contributed by atoms with Gasteiger partial charge in [0.2, 0.25) is 11.8 Å². The summed E-state index contributed by atoms with van der Waals surface area (Å²) in [5.74, 6) is -0.181. The van der Waals surface area contributed by atoms with Gasteiger partial charge in [-0.1, -0.05) is 43.7 Å². The smallest absolute Gasteiger partial charge is 0.242 e. The fraction of sp³-hybridized carbons (Fsp3) is 0.600. The minimum Gasteiger partial charge on any atom is -0.354 e. The standard InChI is InChI=1S/C20H32N4O2/c1-2-7-18(23-19(25)16-17-8-4-3-5-9-17)20(26)22-10-6-13-24-14-11-21-12-15-24/h3-5,8-9,18,21H,2,6-7,10-16H2,1H3,(H,22,26)(H,23,25). The number of carbonyl (C=O) groups is 2. The Morgan fingerprint density at radius 3 is 2.62 bits per heavy atom. The normalized spacial score (nSPS) is 16.0. The van der Waals surface area contributed by atoms with Crippen molar-refractivity contribution in [3.63, 3.8) is 0 Å². The number of amides is 2. The topological polar surface area (TPSA) is 73.5 Å². The second-order valence-corrected chi connectivity index (χ2v) is 6.81. The first-order valence-corrected chi connectivity index (χ1v) is 9.73. The lowest BCUT2D eigenvalue weighted by molar-refractivity contribution is -0.128. The molecule has 2 amide bonds. The fourth-order valence-corrected chi connectivity index (χ4v) is 3.16. The predicted molar refractivity (Wildman–Crippen MR) is 104 cm³/mol. The minimum absolute atomic E-state index is 0.0754. The van der Waals surface area contributed by atoms with E-state index in [0.717, 1.165) is 51.1 Å². The Balaban J connectivity index is 1.70. The highest BCUT2D eigenvalue weighted by atomic mass is 16.2. The minimum atomic E-state index is -0.449. The predicted octanol–water partition coefficient (Wildman–Crippen LogP) is 0.926. The second kappa shape index (κ2) is 11.6. The molecule has 1 heterocycles. The molecule has 1 aliphatic rings. The number of carbonyl (C=O) groups excluding carboxylic acids is 2. The van der Waals surface area contributed by atoms with Crippen molar-refractivity contribution >= 4 is 11.8 Å². The van der Waals surface area contributed by atoms with Gasteiger partial charge in [-0.3, -0.25) is 9.59 Å². The number of rotatable bonds is 10. The van der Waals surface area contributed by atoms with Crippen molar-refractivity contribution in [1.82, 2.24) is 20.9 Å². The molecule has 0 radical (unpaired) electrons. The summed E-state index contributed by atoms with van der Waals surface area (Å²) in [6, 6.07) is 9.15. The third-order valence-corrected chi connectivity index (χ3v) is 4.60. The second-order valence-electron chi connectivity index (χ2n) is 6.81. The fourth-order valence-electron chi connectivity index (χ4n) is 3.16. The lowest BCUT2D eigenvalue weighted by Crippen LogP contribution is -2.48. The maximum absolute atomic E-state index is 12.4. The van der Waals surface area contributed by atoms with Gasteiger partial charge in [-0.25, -0.2) is 0 Å². The summed E-state index contributed by atoms with van der Waals surface area (Å²) in [5, 5.41) is 9.20. The molecule has 0 saturated carbocycles. The van der Waals surface area contributed by atoms with Crippen molar-refractivity contribution in [3.8, 4) is 0 Å². The third-order valence-electron chi connectivity index (χ3n) is 4.60. The summed E-state index contributed by atoms with van der Waals surface area (Å²) in [6.07, 6.45) is 2.74. The van der Waals surface area contributed by atoms with Gasteiger partial charge in [-0.15, -0.1) is 0 Å². The molecule has 26 heavy (non-hydrogen) atoms. The molecule has 0 aromatic heterocycles. The molecule has 0 bridgehead atoms. The summed E-state index contributed by atoms with van der Waals surface area (Å²) in [7, 11) is 0. The van der Waals surface area contributed by atoms with Gasteiger partial charge in [0.05, 0.1) is 6.42 Å². The van der Waals surface area contributed by atoms with Crippen molar-refractivity contribution in [2.75, 3.05) is 39.3 Å². The van der Waals surface area contributed by atoms with E-state index in [0.29, 0.717) is 19.4 Å². The highest BCUT2D eigenvalue weighted by Gasteiger charge is 2.19. The van der Waals surface area contributed by atoms with Gasteiger partial charge in [0.1, 0.15) is 6.04 Å². The van der Waals surface area contributed by atoms with Crippen LogP contribution in [0.5, 0.6) is 0 Å². The monoisotopic (exact) mass is 360 g/mol. The van der Waals surface area contributed by atoms with Crippen LogP contribution < -0.4 is 16.0 Å². The molecule has 0 aliphatic carbocycles. The zero-order chi connectivity index (χ0) is 18.6. The molecule has 6 nitrogen and oxygen atoms in total. The largest absolute Gasteiger partial charge is 0.354 e. The van der Waals surface area contributed by atoms with Crippen LogP contribution in [0.15, 0.2) is 30.3 Å². The lowest BCUT2D eigenvalue weighted by Gasteiger charge is -2.27. The number of hydrogen-bond donors (Lipinski definition) is 3. The van der Waals surface area contributed by atoms with E-state index in [1.807, 2.05) is 37.3 Å². The average molecular weight is 361 g/mol. The molecule has 6 heteroatoms. The number of nitrogens with zero attached hydrogens (tertiary/aromatic N) is 1. The molecular weight excluding hydrogens is 328 g/mol. The number of piperazine rings is 1.